The zero-order valence-corrected chi connectivity index (χ0v) is 29.5. The molecule has 12 rings (SSSR count). The molecule has 10 aromatic rings. The Labute approximate surface area is 314 Å². The summed E-state index contributed by atoms with van der Waals surface area (Å²) in [6, 6.07) is 56.5. The van der Waals surface area contributed by atoms with Crippen LogP contribution in [-0.2, 0) is 5.41 Å². The highest BCUT2D eigenvalue weighted by Crippen LogP contribution is 2.62. The molecule has 2 aliphatic rings. The lowest BCUT2D eigenvalue weighted by atomic mass is 9.67. The first-order chi connectivity index (χ1) is 26.8. The van der Waals surface area contributed by atoms with Crippen LogP contribution in [-0.4, -0.2) is 19.1 Å². The zero-order valence-electron chi connectivity index (χ0n) is 28.7. The number of nitriles is 1. The third kappa shape index (κ3) is 3.69. The third-order valence-electron chi connectivity index (χ3n) is 11.5. The highest BCUT2D eigenvalue weighted by Gasteiger charge is 2.52. The van der Waals surface area contributed by atoms with Crippen molar-refractivity contribution in [2.45, 2.75) is 15.2 Å². The van der Waals surface area contributed by atoms with Gasteiger partial charge in [0.25, 0.3) is 0 Å². The maximum atomic E-state index is 9.79. The number of benzene rings is 6. The molecule has 6 aromatic carbocycles. The van der Waals surface area contributed by atoms with Crippen LogP contribution in [0.15, 0.2) is 174 Å². The lowest BCUT2D eigenvalue weighted by molar-refractivity contribution is 0.716. The minimum atomic E-state index is -0.680. The van der Waals surface area contributed by atoms with Crippen molar-refractivity contribution in [3.8, 4) is 28.8 Å². The van der Waals surface area contributed by atoms with Crippen LogP contribution >= 0.6 is 11.8 Å². The Kier molecular flexibility index (Phi) is 5.92. The first-order valence-electron chi connectivity index (χ1n) is 18.0. The van der Waals surface area contributed by atoms with E-state index in [4.69, 9.17) is 9.97 Å². The minimum absolute atomic E-state index is 0.643. The average Bonchev–Trinajstić information content (AvgIpc) is 3.85. The molecule has 4 aromatic heterocycles. The Hall–Kier alpha value is -6.94. The van der Waals surface area contributed by atoms with Gasteiger partial charge in [-0.25, -0.2) is 0 Å². The molecule has 5 nitrogen and oxygen atoms in total. The molecule has 0 fully saturated rings. The molecule has 54 heavy (non-hydrogen) atoms. The summed E-state index contributed by atoms with van der Waals surface area (Å²) in [4.78, 5) is 12.8. The molecule has 0 radical (unpaired) electrons. The Morgan fingerprint density at radius 1 is 0.519 bits per heavy atom. The second-order valence-electron chi connectivity index (χ2n) is 14.1. The molecule has 0 amide bonds. The van der Waals surface area contributed by atoms with E-state index in [0.29, 0.717) is 5.56 Å². The summed E-state index contributed by atoms with van der Waals surface area (Å²) in [5, 5.41) is 14.4. The summed E-state index contributed by atoms with van der Waals surface area (Å²) in [5.41, 5.74) is 13.1. The topological polar surface area (TPSA) is 59.4 Å². The molecule has 1 unspecified atom stereocenters. The predicted octanol–water partition coefficient (Wildman–Crippen LogP) is 11.4. The molecule has 0 saturated heterocycles. The summed E-state index contributed by atoms with van der Waals surface area (Å²) >= 11 is 1.85. The van der Waals surface area contributed by atoms with Crippen LogP contribution in [0.1, 0.15) is 27.8 Å². The van der Waals surface area contributed by atoms with E-state index in [1.165, 1.54) is 42.7 Å². The molecule has 5 heterocycles. The van der Waals surface area contributed by atoms with Gasteiger partial charge in [-0.2, -0.15) is 5.26 Å². The number of aromatic nitrogens is 4. The third-order valence-corrected chi connectivity index (χ3v) is 12.7. The van der Waals surface area contributed by atoms with Crippen LogP contribution in [0.5, 0.6) is 0 Å². The molecule has 1 aliphatic heterocycles. The SMILES string of the molecule is N#Cc1ccc2c(c1)c1ccccc1n2-c1cnc2c(c1)C1(c3ccccc3Sc3c(-n4c5ccccc5c5ccccc54)cccc31)c1cccnc1-2. The van der Waals surface area contributed by atoms with Crippen molar-refractivity contribution in [1.82, 2.24) is 19.1 Å². The van der Waals surface area contributed by atoms with Gasteiger partial charge in [0.05, 0.1) is 68.1 Å². The summed E-state index contributed by atoms with van der Waals surface area (Å²) in [6.45, 7) is 0. The van der Waals surface area contributed by atoms with Crippen molar-refractivity contribution in [1.29, 1.82) is 5.26 Å². The Balaban J connectivity index is 1.20. The number of pyridine rings is 2. The molecule has 1 atom stereocenters. The van der Waals surface area contributed by atoms with Gasteiger partial charge in [0.1, 0.15) is 0 Å². The van der Waals surface area contributed by atoms with E-state index in [1.807, 2.05) is 36.3 Å². The summed E-state index contributed by atoms with van der Waals surface area (Å²) in [5.74, 6) is 0. The molecule has 6 heteroatoms. The fraction of sp³-hybridized carbons (Fsp3) is 0.0208. The maximum absolute atomic E-state index is 9.79. The molecular weight excluding hydrogens is 679 g/mol. The zero-order chi connectivity index (χ0) is 35.5. The van der Waals surface area contributed by atoms with Gasteiger partial charge >= 0.3 is 0 Å². The second kappa shape index (κ2) is 10.8. The van der Waals surface area contributed by atoms with Crippen molar-refractivity contribution in [2.75, 3.05) is 0 Å². The van der Waals surface area contributed by atoms with Crippen LogP contribution < -0.4 is 0 Å². The van der Waals surface area contributed by atoms with Gasteiger partial charge in [0.2, 0.25) is 0 Å². The van der Waals surface area contributed by atoms with Gasteiger partial charge in [-0.05, 0) is 77.4 Å². The average molecular weight is 706 g/mol. The summed E-state index contributed by atoms with van der Waals surface area (Å²) < 4.78 is 4.74. The first kappa shape index (κ1) is 29.6. The lowest BCUT2D eigenvalue weighted by Crippen LogP contribution is -2.32. The van der Waals surface area contributed by atoms with E-state index < -0.39 is 5.41 Å². The number of fused-ring (bicyclic) bond motifs is 15. The summed E-state index contributed by atoms with van der Waals surface area (Å²) in [7, 11) is 0. The fourth-order valence-corrected chi connectivity index (χ4v) is 10.7. The molecule has 1 spiro atoms. The number of nitrogens with zero attached hydrogens (tertiary/aromatic N) is 5. The molecule has 250 valence electrons. The normalized spacial score (nSPS) is 15.4. The summed E-state index contributed by atoms with van der Waals surface area (Å²) in [6.07, 6.45) is 3.87. The quantitative estimate of drug-likeness (QED) is 0.180. The van der Waals surface area contributed by atoms with Gasteiger partial charge in [0, 0.05) is 43.1 Å². The monoisotopic (exact) mass is 705 g/mol. The maximum Gasteiger partial charge on any atom is 0.0991 e. The number of rotatable bonds is 2. The van der Waals surface area contributed by atoms with Crippen molar-refractivity contribution in [2.24, 2.45) is 0 Å². The fourth-order valence-electron chi connectivity index (χ4n) is 9.40. The van der Waals surface area contributed by atoms with E-state index in [2.05, 4.69) is 155 Å². The second-order valence-corrected chi connectivity index (χ2v) is 15.1. The number of hydrogen-bond donors (Lipinski definition) is 0. The molecule has 0 bridgehead atoms. The minimum Gasteiger partial charge on any atom is -0.308 e. The standard InChI is InChI=1S/C48H27N5S/c49-27-29-22-23-42-34(25-29)33-13-3-5-17-39(33)52(42)30-26-38-46(51-28-30)45-36(16-10-24-50-45)48(38)35-14-4-8-21-44(35)54-47-37(48)15-9-20-43(47)53-40-18-6-1-11-31(40)32-12-2-7-19-41(32)53/h1-26,28H. The van der Waals surface area contributed by atoms with Crippen molar-refractivity contribution < 1.29 is 0 Å². The Bertz CT molecular complexity index is 3240. The Morgan fingerprint density at radius 3 is 1.93 bits per heavy atom. The number of hydrogen-bond acceptors (Lipinski definition) is 4. The van der Waals surface area contributed by atoms with Gasteiger partial charge in [-0.15, -0.1) is 0 Å². The first-order valence-corrected chi connectivity index (χ1v) is 18.9. The largest absolute Gasteiger partial charge is 0.308 e. The number of para-hydroxylation sites is 3. The van der Waals surface area contributed by atoms with Crippen molar-refractivity contribution in [3.05, 3.63) is 192 Å². The van der Waals surface area contributed by atoms with Crippen molar-refractivity contribution in [3.63, 3.8) is 0 Å². The predicted molar refractivity (Wildman–Crippen MR) is 217 cm³/mol. The van der Waals surface area contributed by atoms with E-state index in [0.717, 1.165) is 55.7 Å². The van der Waals surface area contributed by atoms with Gasteiger partial charge in [-0.1, -0.05) is 103 Å². The molecule has 1 aliphatic carbocycles. The van der Waals surface area contributed by atoms with Crippen molar-refractivity contribution >= 4 is 55.4 Å². The van der Waals surface area contributed by atoms with Gasteiger partial charge in [0.15, 0.2) is 0 Å². The van der Waals surface area contributed by atoms with E-state index in [-0.39, 0.29) is 0 Å². The van der Waals surface area contributed by atoms with E-state index >= 15 is 0 Å². The smallest absolute Gasteiger partial charge is 0.0991 e. The van der Waals surface area contributed by atoms with Gasteiger partial charge in [-0.3, -0.25) is 9.97 Å². The van der Waals surface area contributed by atoms with Crippen LogP contribution in [0.2, 0.25) is 0 Å². The highest BCUT2D eigenvalue weighted by molar-refractivity contribution is 7.99. The van der Waals surface area contributed by atoms with Crippen LogP contribution in [0.3, 0.4) is 0 Å². The van der Waals surface area contributed by atoms with E-state index in [1.54, 1.807) is 0 Å². The molecule has 0 N–H and O–H groups in total. The molecular formula is C48H27N5S. The highest BCUT2D eigenvalue weighted by atomic mass is 32.2. The Morgan fingerprint density at radius 2 is 1.15 bits per heavy atom. The van der Waals surface area contributed by atoms with Crippen LogP contribution in [0.4, 0.5) is 0 Å². The molecule has 0 saturated carbocycles. The lowest BCUT2D eigenvalue weighted by Gasteiger charge is -2.40. The van der Waals surface area contributed by atoms with Crippen LogP contribution in [0.25, 0.3) is 66.4 Å². The van der Waals surface area contributed by atoms with Crippen LogP contribution in [0, 0.1) is 11.3 Å². The van der Waals surface area contributed by atoms with E-state index in [9.17, 15) is 5.26 Å². The van der Waals surface area contributed by atoms with Gasteiger partial charge < -0.3 is 9.13 Å².